The van der Waals surface area contributed by atoms with Crippen molar-refractivity contribution in [3.63, 3.8) is 0 Å². The number of nitrogens with one attached hydrogen (secondary N) is 2. The van der Waals surface area contributed by atoms with E-state index >= 15 is 0 Å². The Morgan fingerprint density at radius 1 is 1.20 bits per heavy atom. The van der Waals surface area contributed by atoms with Crippen molar-refractivity contribution < 1.29 is 9.18 Å². The molecule has 2 N–H and O–H groups in total. The fraction of sp³-hybridized carbons (Fsp3) is 0.300. The Balaban J connectivity index is 1.48. The lowest BCUT2D eigenvalue weighted by molar-refractivity contribution is -0.120. The van der Waals surface area contributed by atoms with E-state index < -0.39 is 0 Å². The maximum Gasteiger partial charge on any atom is 0.224 e. The van der Waals surface area contributed by atoms with E-state index in [0.29, 0.717) is 12.1 Å². The summed E-state index contributed by atoms with van der Waals surface area (Å²) in [6.45, 7) is 2.51. The number of halogens is 1. The van der Waals surface area contributed by atoms with Gasteiger partial charge in [-0.1, -0.05) is 18.2 Å². The van der Waals surface area contributed by atoms with E-state index in [1.165, 1.54) is 6.07 Å². The Hall–Kier alpha value is -2.69. The quantitative estimate of drug-likeness (QED) is 0.645. The van der Waals surface area contributed by atoms with Crippen molar-refractivity contribution in [1.29, 1.82) is 0 Å². The van der Waals surface area contributed by atoms with Gasteiger partial charge in [0.05, 0.1) is 11.9 Å². The highest BCUT2D eigenvalue weighted by molar-refractivity contribution is 5.90. The lowest BCUT2D eigenvalue weighted by Gasteiger charge is -2.06. The summed E-state index contributed by atoms with van der Waals surface area (Å²) >= 11 is 0. The van der Waals surface area contributed by atoms with Crippen LogP contribution < -0.4 is 5.32 Å². The number of carbonyl (C=O) groups is 1. The average molecular weight is 339 g/mol. The number of hydrogen-bond donors (Lipinski definition) is 2. The van der Waals surface area contributed by atoms with Crippen LogP contribution in [0.4, 0.5) is 4.39 Å². The van der Waals surface area contributed by atoms with Crippen molar-refractivity contribution in [2.75, 3.05) is 6.54 Å². The molecule has 5 heteroatoms. The minimum atomic E-state index is -0.290. The van der Waals surface area contributed by atoms with E-state index in [2.05, 4.69) is 15.3 Å². The van der Waals surface area contributed by atoms with Crippen LogP contribution in [0.5, 0.6) is 0 Å². The summed E-state index contributed by atoms with van der Waals surface area (Å²) in [5, 5.41) is 3.73. The van der Waals surface area contributed by atoms with Crippen molar-refractivity contribution in [3.8, 4) is 0 Å². The van der Waals surface area contributed by atoms with Crippen LogP contribution in [0.1, 0.15) is 29.8 Å². The molecule has 0 unspecified atom stereocenters. The third-order valence-electron chi connectivity index (χ3n) is 4.35. The van der Waals surface area contributed by atoms with Crippen LogP contribution in [-0.4, -0.2) is 22.4 Å². The zero-order valence-electron chi connectivity index (χ0n) is 14.3. The van der Waals surface area contributed by atoms with Gasteiger partial charge in [-0.2, -0.15) is 0 Å². The van der Waals surface area contributed by atoms with Crippen molar-refractivity contribution in [1.82, 2.24) is 15.3 Å². The monoisotopic (exact) mass is 339 g/mol. The molecule has 0 saturated heterocycles. The van der Waals surface area contributed by atoms with Gasteiger partial charge in [-0.3, -0.25) is 9.78 Å². The smallest absolute Gasteiger partial charge is 0.224 e. The minimum Gasteiger partial charge on any atom is -0.356 e. The van der Waals surface area contributed by atoms with Gasteiger partial charge in [-0.05, 0) is 49.9 Å². The first-order valence-electron chi connectivity index (χ1n) is 8.57. The second kappa shape index (κ2) is 7.92. The molecule has 2 aromatic heterocycles. The summed E-state index contributed by atoms with van der Waals surface area (Å²) < 4.78 is 13.8. The molecular weight excluding hydrogens is 317 g/mol. The summed E-state index contributed by atoms with van der Waals surface area (Å²) in [7, 11) is 0. The predicted octanol–water partition coefficient (Wildman–Crippen LogP) is 3.69. The molecule has 0 spiro atoms. The van der Waals surface area contributed by atoms with Gasteiger partial charge in [0.2, 0.25) is 5.91 Å². The molecule has 2 heterocycles. The summed E-state index contributed by atoms with van der Waals surface area (Å²) in [6, 6.07) is 10.8. The lowest BCUT2D eigenvalue weighted by Crippen LogP contribution is -2.26. The molecule has 0 aliphatic carbocycles. The number of hydrogen-bond acceptors (Lipinski definition) is 2. The number of carbonyl (C=O) groups excluding carboxylic acids is 1. The summed E-state index contributed by atoms with van der Waals surface area (Å²) in [5.74, 6) is -0.326. The molecule has 1 aromatic carbocycles. The van der Waals surface area contributed by atoms with Crippen LogP contribution in [0.2, 0.25) is 0 Å². The molecule has 0 saturated carbocycles. The van der Waals surface area contributed by atoms with Crippen LogP contribution in [0.15, 0.2) is 42.6 Å². The first-order chi connectivity index (χ1) is 12.1. The molecule has 130 valence electrons. The third kappa shape index (κ3) is 4.24. The molecule has 0 atom stereocenters. The number of rotatable bonds is 7. The Bertz CT molecular complexity index is 858. The standard InChI is InChI=1S/C20H22FN3O/c1-14-17(16-9-6-10-18(21)20(16)24-14)13-19(25)23-12-5-3-8-15-7-2-4-11-22-15/h2,4,6-7,9-11,24H,3,5,8,12-13H2,1H3,(H,23,25). The van der Waals surface area contributed by atoms with Crippen molar-refractivity contribution in [3.05, 3.63) is 65.4 Å². The van der Waals surface area contributed by atoms with Crippen molar-refractivity contribution in [2.24, 2.45) is 0 Å². The number of H-pyrrole nitrogens is 1. The summed E-state index contributed by atoms with van der Waals surface area (Å²) in [6.07, 6.45) is 4.86. The number of aromatic nitrogens is 2. The summed E-state index contributed by atoms with van der Waals surface area (Å²) in [5.41, 5.74) is 3.24. The third-order valence-corrected chi connectivity index (χ3v) is 4.35. The lowest BCUT2D eigenvalue weighted by atomic mass is 10.1. The number of amides is 1. The fourth-order valence-electron chi connectivity index (χ4n) is 3.02. The van der Waals surface area contributed by atoms with E-state index in [-0.39, 0.29) is 18.1 Å². The number of pyridine rings is 1. The van der Waals surface area contributed by atoms with Crippen LogP contribution >= 0.6 is 0 Å². The fourth-order valence-corrected chi connectivity index (χ4v) is 3.02. The molecule has 0 aliphatic heterocycles. The topological polar surface area (TPSA) is 57.8 Å². The molecule has 0 bridgehead atoms. The number of para-hydroxylation sites is 1. The van der Waals surface area contributed by atoms with E-state index in [1.54, 1.807) is 12.3 Å². The maximum absolute atomic E-state index is 13.8. The van der Waals surface area contributed by atoms with Gasteiger partial charge >= 0.3 is 0 Å². The Morgan fingerprint density at radius 3 is 2.88 bits per heavy atom. The van der Waals surface area contributed by atoms with Crippen LogP contribution in [0.3, 0.4) is 0 Å². The van der Waals surface area contributed by atoms with E-state index in [9.17, 15) is 9.18 Å². The molecule has 25 heavy (non-hydrogen) atoms. The number of aryl methyl sites for hydroxylation is 2. The van der Waals surface area contributed by atoms with Gasteiger partial charge in [0.15, 0.2) is 0 Å². The van der Waals surface area contributed by atoms with Crippen molar-refractivity contribution in [2.45, 2.75) is 32.6 Å². The number of unbranched alkanes of at least 4 members (excludes halogenated alkanes) is 1. The first-order valence-corrected chi connectivity index (χ1v) is 8.57. The minimum absolute atomic E-state index is 0.0360. The largest absolute Gasteiger partial charge is 0.356 e. The highest BCUT2D eigenvalue weighted by Crippen LogP contribution is 2.24. The Kier molecular flexibility index (Phi) is 5.43. The zero-order valence-corrected chi connectivity index (χ0v) is 14.3. The van der Waals surface area contributed by atoms with Crippen LogP contribution in [0.25, 0.3) is 10.9 Å². The molecule has 0 aliphatic rings. The zero-order chi connectivity index (χ0) is 17.6. The first kappa shape index (κ1) is 17.1. The molecule has 3 rings (SSSR count). The van der Waals surface area contributed by atoms with Gasteiger partial charge < -0.3 is 10.3 Å². The van der Waals surface area contributed by atoms with E-state index in [1.807, 2.05) is 31.2 Å². The van der Waals surface area contributed by atoms with Crippen LogP contribution in [0, 0.1) is 12.7 Å². The highest BCUT2D eigenvalue weighted by atomic mass is 19.1. The van der Waals surface area contributed by atoms with Gasteiger partial charge in [-0.15, -0.1) is 0 Å². The Morgan fingerprint density at radius 2 is 2.08 bits per heavy atom. The van der Waals surface area contributed by atoms with Crippen LogP contribution in [-0.2, 0) is 17.6 Å². The number of aromatic amines is 1. The second-order valence-electron chi connectivity index (χ2n) is 6.20. The maximum atomic E-state index is 13.8. The number of nitrogens with zero attached hydrogens (tertiary/aromatic N) is 1. The molecule has 0 fully saturated rings. The predicted molar refractivity (Wildman–Crippen MR) is 96.9 cm³/mol. The number of benzene rings is 1. The molecular formula is C20H22FN3O. The SMILES string of the molecule is Cc1[nH]c2c(F)cccc2c1CC(=O)NCCCCc1ccccn1. The van der Waals surface area contributed by atoms with Gasteiger partial charge in [0.1, 0.15) is 5.82 Å². The van der Waals surface area contributed by atoms with Crippen molar-refractivity contribution >= 4 is 16.8 Å². The van der Waals surface area contributed by atoms with Gasteiger partial charge in [0, 0.05) is 29.5 Å². The van der Waals surface area contributed by atoms with Gasteiger partial charge in [-0.25, -0.2) is 4.39 Å². The average Bonchev–Trinajstić information content (AvgIpc) is 2.93. The normalized spacial score (nSPS) is 11.0. The highest BCUT2D eigenvalue weighted by Gasteiger charge is 2.14. The molecule has 0 radical (unpaired) electrons. The molecule has 3 aromatic rings. The Labute approximate surface area is 146 Å². The number of fused-ring (bicyclic) bond motifs is 1. The summed E-state index contributed by atoms with van der Waals surface area (Å²) in [4.78, 5) is 19.5. The van der Waals surface area contributed by atoms with E-state index in [4.69, 9.17) is 0 Å². The van der Waals surface area contributed by atoms with E-state index in [0.717, 1.165) is 41.6 Å². The second-order valence-corrected chi connectivity index (χ2v) is 6.20. The molecule has 1 amide bonds. The van der Waals surface area contributed by atoms with Gasteiger partial charge in [0.25, 0.3) is 0 Å². The molecule has 4 nitrogen and oxygen atoms in total.